The minimum absolute atomic E-state index is 0.00518. The number of carboxylic acid groups (broad SMARTS) is 1. The fraction of sp³-hybridized carbons (Fsp3) is 0.304. The van der Waals surface area contributed by atoms with E-state index in [9.17, 15) is 19.1 Å². The summed E-state index contributed by atoms with van der Waals surface area (Å²) >= 11 is 5.83. The third-order valence-corrected chi connectivity index (χ3v) is 6.20. The first-order chi connectivity index (χ1) is 14.3. The van der Waals surface area contributed by atoms with Gasteiger partial charge in [0.2, 0.25) is 5.91 Å². The number of aliphatic carboxylic acids is 1. The Morgan fingerprint density at radius 3 is 2.73 bits per heavy atom. The molecule has 0 unspecified atom stereocenters. The molecule has 2 aromatic carbocycles. The molecular weight excluding hydrogens is 407 g/mol. The molecule has 4 rings (SSSR count). The van der Waals surface area contributed by atoms with Crippen molar-refractivity contribution in [2.45, 2.75) is 38.3 Å². The van der Waals surface area contributed by atoms with E-state index >= 15 is 0 Å². The summed E-state index contributed by atoms with van der Waals surface area (Å²) in [5, 5.41) is 10.3. The van der Waals surface area contributed by atoms with Gasteiger partial charge in [0.1, 0.15) is 5.82 Å². The number of hydrogen-bond acceptors (Lipinski definition) is 2. The van der Waals surface area contributed by atoms with Crippen molar-refractivity contribution in [2.24, 2.45) is 0 Å². The Hall–Kier alpha value is -2.86. The van der Waals surface area contributed by atoms with Crippen LogP contribution in [-0.4, -0.2) is 39.5 Å². The van der Waals surface area contributed by atoms with E-state index in [-0.39, 0.29) is 29.8 Å². The van der Waals surface area contributed by atoms with Gasteiger partial charge in [-0.15, -0.1) is 0 Å². The van der Waals surface area contributed by atoms with E-state index in [1.54, 1.807) is 18.0 Å². The van der Waals surface area contributed by atoms with Crippen molar-refractivity contribution in [3.05, 3.63) is 70.1 Å². The Kier molecular flexibility index (Phi) is 5.52. The second kappa shape index (κ2) is 8.11. The van der Waals surface area contributed by atoms with Crippen LogP contribution in [0.2, 0.25) is 5.02 Å². The lowest BCUT2D eigenvalue weighted by Gasteiger charge is -2.33. The smallest absolute Gasteiger partial charge is 0.307 e. The Morgan fingerprint density at radius 2 is 2.00 bits per heavy atom. The SMILES string of the molecule is CN(C(=O)Cc1ccc(F)c(Cl)c1)[C@@H]1CCc2c(CC(=O)O)c3ccccc3n2C1. The van der Waals surface area contributed by atoms with Gasteiger partial charge in [0.25, 0.3) is 0 Å². The predicted molar refractivity (Wildman–Crippen MR) is 113 cm³/mol. The molecule has 1 aromatic heterocycles. The number of rotatable bonds is 5. The van der Waals surface area contributed by atoms with E-state index in [4.69, 9.17) is 11.6 Å². The molecule has 5 nitrogen and oxygen atoms in total. The lowest BCUT2D eigenvalue weighted by Crippen LogP contribution is -2.43. The number of carbonyl (C=O) groups is 2. The van der Waals surface area contributed by atoms with Gasteiger partial charge in [-0.3, -0.25) is 9.59 Å². The van der Waals surface area contributed by atoms with Crippen LogP contribution in [0.15, 0.2) is 42.5 Å². The van der Waals surface area contributed by atoms with E-state index < -0.39 is 11.8 Å². The van der Waals surface area contributed by atoms with Gasteiger partial charge in [-0.1, -0.05) is 35.9 Å². The highest BCUT2D eigenvalue weighted by atomic mass is 35.5. The van der Waals surface area contributed by atoms with Crippen molar-refractivity contribution < 1.29 is 19.1 Å². The van der Waals surface area contributed by atoms with Gasteiger partial charge in [0, 0.05) is 36.2 Å². The Morgan fingerprint density at radius 1 is 1.23 bits per heavy atom. The predicted octanol–water partition coefficient (Wildman–Crippen LogP) is 4.08. The molecule has 0 saturated carbocycles. The van der Waals surface area contributed by atoms with E-state index in [2.05, 4.69) is 4.57 Å². The van der Waals surface area contributed by atoms with Gasteiger partial charge in [0.15, 0.2) is 0 Å². The maximum absolute atomic E-state index is 13.4. The monoisotopic (exact) mass is 428 g/mol. The zero-order valence-corrected chi connectivity index (χ0v) is 17.3. The normalized spacial score (nSPS) is 15.8. The highest BCUT2D eigenvalue weighted by Crippen LogP contribution is 2.32. The van der Waals surface area contributed by atoms with Crippen LogP contribution in [0.5, 0.6) is 0 Å². The fourth-order valence-electron chi connectivity index (χ4n) is 4.34. The van der Waals surface area contributed by atoms with Crippen molar-refractivity contribution in [3.8, 4) is 0 Å². The number of nitrogens with zero attached hydrogens (tertiary/aromatic N) is 2. The van der Waals surface area contributed by atoms with Crippen LogP contribution in [0.1, 0.15) is 23.2 Å². The quantitative estimate of drug-likeness (QED) is 0.666. The Labute approximate surface area is 178 Å². The molecule has 1 amide bonds. The molecule has 0 aliphatic carbocycles. The molecular formula is C23H22ClFN2O3. The number of carboxylic acids is 1. The number of para-hydroxylation sites is 1. The van der Waals surface area contributed by atoms with Crippen LogP contribution in [0, 0.1) is 5.82 Å². The molecule has 3 aromatic rings. The van der Waals surface area contributed by atoms with Crippen LogP contribution < -0.4 is 0 Å². The lowest BCUT2D eigenvalue weighted by atomic mass is 9.99. The molecule has 2 heterocycles. The van der Waals surface area contributed by atoms with Crippen LogP contribution in [0.3, 0.4) is 0 Å². The van der Waals surface area contributed by atoms with Gasteiger partial charge >= 0.3 is 5.97 Å². The van der Waals surface area contributed by atoms with Crippen molar-refractivity contribution in [1.29, 1.82) is 0 Å². The maximum atomic E-state index is 13.4. The van der Waals surface area contributed by atoms with Gasteiger partial charge in [-0.05, 0) is 42.2 Å². The molecule has 0 spiro atoms. The van der Waals surface area contributed by atoms with Crippen LogP contribution in [0.25, 0.3) is 10.9 Å². The minimum atomic E-state index is -0.846. The van der Waals surface area contributed by atoms with E-state index in [1.807, 2.05) is 24.3 Å². The van der Waals surface area contributed by atoms with E-state index in [0.717, 1.165) is 28.6 Å². The first-order valence-electron chi connectivity index (χ1n) is 9.85. The summed E-state index contributed by atoms with van der Waals surface area (Å²) in [7, 11) is 1.78. The van der Waals surface area contributed by atoms with Crippen molar-refractivity contribution in [2.75, 3.05) is 7.05 Å². The summed E-state index contributed by atoms with van der Waals surface area (Å²) < 4.78 is 15.5. The average molecular weight is 429 g/mol. The second-order valence-corrected chi connectivity index (χ2v) is 8.15. The summed E-state index contributed by atoms with van der Waals surface area (Å²) in [6.07, 6.45) is 1.61. The van der Waals surface area contributed by atoms with Crippen molar-refractivity contribution in [3.63, 3.8) is 0 Å². The number of likely N-dealkylation sites (N-methyl/N-ethyl adjacent to an activating group) is 1. The Balaban J connectivity index is 1.57. The molecule has 1 N–H and O–H groups in total. The molecule has 0 fully saturated rings. The standard InChI is InChI=1S/C23H22ClFN2O3/c1-26(22(28)11-14-6-8-19(25)18(24)10-14)15-7-9-21-17(12-23(29)30)16-4-2-3-5-20(16)27(21)13-15/h2-6,8,10,15H,7,9,11-13H2,1H3,(H,29,30)/t15-/m1/s1. The third-order valence-electron chi connectivity index (χ3n) is 5.91. The number of benzene rings is 2. The zero-order chi connectivity index (χ0) is 21.4. The number of aromatic nitrogens is 1. The summed E-state index contributed by atoms with van der Waals surface area (Å²) in [5.74, 6) is -1.41. The number of amides is 1. The number of hydrogen-bond donors (Lipinski definition) is 1. The zero-order valence-electron chi connectivity index (χ0n) is 16.6. The number of halogens is 2. The second-order valence-electron chi connectivity index (χ2n) is 7.75. The average Bonchev–Trinajstić information content (AvgIpc) is 3.03. The Bertz CT molecular complexity index is 1140. The summed E-state index contributed by atoms with van der Waals surface area (Å²) in [4.78, 5) is 26.0. The maximum Gasteiger partial charge on any atom is 0.307 e. The van der Waals surface area contributed by atoms with Gasteiger partial charge < -0.3 is 14.6 Å². The van der Waals surface area contributed by atoms with E-state index in [1.165, 1.54) is 12.1 Å². The van der Waals surface area contributed by atoms with Crippen molar-refractivity contribution >= 4 is 34.4 Å². The highest BCUT2D eigenvalue weighted by molar-refractivity contribution is 6.30. The summed E-state index contributed by atoms with van der Waals surface area (Å²) in [5.41, 5.74) is 3.58. The largest absolute Gasteiger partial charge is 0.481 e. The molecule has 7 heteroatoms. The summed E-state index contributed by atoms with van der Waals surface area (Å²) in [6, 6.07) is 12.1. The molecule has 1 aliphatic heterocycles. The van der Waals surface area contributed by atoms with Crippen LogP contribution in [0.4, 0.5) is 4.39 Å². The van der Waals surface area contributed by atoms with E-state index in [0.29, 0.717) is 18.5 Å². The molecule has 156 valence electrons. The fourth-order valence-corrected chi connectivity index (χ4v) is 4.55. The molecule has 0 radical (unpaired) electrons. The summed E-state index contributed by atoms with van der Waals surface area (Å²) in [6.45, 7) is 0.613. The van der Waals surface area contributed by atoms with Crippen molar-refractivity contribution in [1.82, 2.24) is 9.47 Å². The number of carbonyl (C=O) groups excluding carboxylic acids is 1. The molecule has 0 bridgehead atoms. The lowest BCUT2D eigenvalue weighted by molar-refractivity contribution is -0.136. The molecule has 1 atom stereocenters. The van der Waals surface area contributed by atoms with Gasteiger partial charge in [-0.25, -0.2) is 4.39 Å². The highest BCUT2D eigenvalue weighted by Gasteiger charge is 2.29. The molecule has 30 heavy (non-hydrogen) atoms. The third kappa shape index (κ3) is 3.79. The van der Waals surface area contributed by atoms with Gasteiger partial charge in [-0.2, -0.15) is 0 Å². The first kappa shape index (κ1) is 20.4. The topological polar surface area (TPSA) is 62.5 Å². The van der Waals surface area contributed by atoms with Crippen LogP contribution >= 0.6 is 11.6 Å². The van der Waals surface area contributed by atoms with Gasteiger partial charge in [0.05, 0.1) is 17.9 Å². The number of fused-ring (bicyclic) bond motifs is 3. The van der Waals surface area contributed by atoms with Crippen LogP contribution in [-0.2, 0) is 35.4 Å². The molecule has 1 aliphatic rings. The molecule has 0 saturated heterocycles. The minimum Gasteiger partial charge on any atom is -0.481 e. The first-order valence-corrected chi connectivity index (χ1v) is 10.2.